The van der Waals surface area contributed by atoms with Gasteiger partial charge in [0, 0.05) is 0 Å². The van der Waals surface area contributed by atoms with Crippen LogP contribution in [0.2, 0.25) is 0 Å². The fraction of sp³-hybridized carbons (Fsp3) is 0.167. The zero-order valence-corrected chi connectivity index (χ0v) is 11.4. The SMILES string of the molecule is O=S(=O)(c1ccccc1)c1c(OCC#CCO)no[n+]1[O-]. The van der Waals surface area contributed by atoms with E-state index in [0.29, 0.717) is 0 Å². The maximum Gasteiger partial charge on any atom is 0.415 e. The quantitative estimate of drug-likeness (QED) is 0.598. The Balaban J connectivity index is 2.38. The summed E-state index contributed by atoms with van der Waals surface area (Å²) in [7, 11) is -4.13. The molecule has 2 rings (SSSR count). The highest BCUT2D eigenvalue weighted by Gasteiger charge is 2.35. The largest absolute Gasteiger partial charge is 0.441 e. The molecule has 1 N–H and O–H groups in total. The van der Waals surface area contributed by atoms with E-state index in [0.717, 1.165) is 0 Å². The predicted molar refractivity (Wildman–Crippen MR) is 67.7 cm³/mol. The van der Waals surface area contributed by atoms with Gasteiger partial charge in [-0.1, -0.05) is 30.0 Å². The monoisotopic (exact) mass is 310 g/mol. The molecule has 0 atom stereocenters. The molecule has 0 saturated carbocycles. The van der Waals surface area contributed by atoms with E-state index in [1.54, 1.807) is 6.07 Å². The number of sulfone groups is 1. The summed E-state index contributed by atoms with van der Waals surface area (Å²) in [5.74, 6) is 4.22. The van der Waals surface area contributed by atoms with Gasteiger partial charge in [0.05, 0.1) is 10.1 Å². The Morgan fingerprint density at radius 1 is 1.33 bits per heavy atom. The second-order valence-electron chi connectivity index (χ2n) is 3.66. The molecule has 0 spiro atoms. The highest BCUT2D eigenvalue weighted by molar-refractivity contribution is 7.91. The van der Waals surface area contributed by atoms with Crippen LogP contribution in [0.25, 0.3) is 0 Å². The van der Waals surface area contributed by atoms with Crippen LogP contribution in [-0.4, -0.2) is 31.9 Å². The van der Waals surface area contributed by atoms with Crippen molar-refractivity contribution in [2.75, 3.05) is 13.2 Å². The first-order chi connectivity index (χ1) is 10.1. The molecule has 1 aromatic carbocycles. The van der Waals surface area contributed by atoms with Gasteiger partial charge >= 0.3 is 10.9 Å². The molecule has 0 radical (unpaired) electrons. The van der Waals surface area contributed by atoms with Crippen LogP contribution in [-0.2, 0) is 9.84 Å². The fourth-order valence-electron chi connectivity index (χ4n) is 1.45. The Hall–Kier alpha value is -2.57. The number of rotatable bonds is 4. The van der Waals surface area contributed by atoms with Crippen molar-refractivity contribution in [2.24, 2.45) is 0 Å². The Morgan fingerprint density at radius 3 is 2.71 bits per heavy atom. The first-order valence-corrected chi connectivity index (χ1v) is 7.15. The van der Waals surface area contributed by atoms with Crippen molar-refractivity contribution in [3.63, 3.8) is 0 Å². The van der Waals surface area contributed by atoms with E-state index in [-0.39, 0.29) is 23.0 Å². The van der Waals surface area contributed by atoms with Gasteiger partial charge in [-0.05, 0) is 17.0 Å². The topological polar surface area (TPSA) is 117 Å². The molecule has 110 valence electrons. The molecule has 1 aromatic heterocycles. The summed E-state index contributed by atoms with van der Waals surface area (Å²) >= 11 is 0. The van der Waals surface area contributed by atoms with E-state index in [1.165, 1.54) is 24.3 Å². The van der Waals surface area contributed by atoms with Crippen LogP contribution in [0.1, 0.15) is 0 Å². The maximum atomic E-state index is 12.3. The lowest BCUT2D eigenvalue weighted by atomic mass is 10.4. The molecule has 0 fully saturated rings. The lowest BCUT2D eigenvalue weighted by Gasteiger charge is -2.01. The molecule has 0 bridgehead atoms. The van der Waals surface area contributed by atoms with E-state index < -0.39 is 20.7 Å². The van der Waals surface area contributed by atoms with Crippen LogP contribution in [0.4, 0.5) is 0 Å². The van der Waals surface area contributed by atoms with Crippen molar-refractivity contribution < 1.29 is 27.8 Å². The number of ether oxygens (including phenoxy) is 1. The lowest BCUT2D eigenvalue weighted by Crippen LogP contribution is -2.30. The molecule has 1 heterocycles. The number of hydrogen-bond acceptors (Lipinski definition) is 7. The van der Waals surface area contributed by atoms with Crippen molar-refractivity contribution in [3.05, 3.63) is 35.5 Å². The van der Waals surface area contributed by atoms with Gasteiger partial charge < -0.3 is 15.1 Å². The van der Waals surface area contributed by atoms with Gasteiger partial charge in [-0.2, -0.15) is 0 Å². The van der Waals surface area contributed by atoms with E-state index in [4.69, 9.17) is 9.84 Å². The first-order valence-electron chi connectivity index (χ1n) is 5.66. The Morgan fingerprint density at radius 2 is 2.05 bits per heavy atom. The van der Waals surface area contributed by atoms with Crippen molar-refractivity contribution in [1.29, 1.82) is 0 Å². The summed E-state index contributed by atoms with van der Waals surface area (Å²) in [5, 5.41) is 22.5. The van der Waals surface area contributed by atoms with Gasteiger partial charge in [0.2, 0.25) is 0 Å². The number of nitrogens with zero attached hydrogens (tertiary/aromatic N) is 2. The molecule has 0 saturated heterocycles. The molecule has 21 heavy (non-hydrogen) atoms. The van der Waals surface area contributed by atoms with Crippen molar-refractivity contribution in [2.45, 2.75) is 9.92 Å². The number of aliphatic hydroxyl groups is 1. The molecule has 0 aliphatic carbocycles. The van der Waals surface area contributed by atoms with Gasteiger partial charge in [-0.3, -0.25) is 4.63 Å². The number of aromatic nitrogens is 2. The van der Waals surface area contributed by atoms with Gasteiger partial charge in [0.1, 0.15) is 6.61 Å². The molecule has 0 amide bonds. The molecule has 2 aromatic rings. The Bertz CT molecular complexity index is 773. The van der Waals surface area contributed by atoms with Crippen LogP contribution in [0.3, 0.4) is 0 Å². The second-order valence-corrected chi connectivity index (χ2v) is 5.52. The van der Waals surface area contributed by atoms with E-state index >= 15 is 0 Å². The number of benzene rings is 1. The van der Waals surface area contributed by atoms with Gasteiger partial charge in [0.25, 0.3) is 9.84 Å². The van der Waals surface area contributed by atoms with Gasteiger partial charge in [-0.15, -0.1) is 0 Å². The molecule has 9 heteroatoms. The summed E-state index contributed by atoms with van der Waals surface area (Å²) in [6, 6.07) is 7.33. The molecular weight excluding hydrogens is 300 g/mol. The lowest BCUT2D eigenvalue weighted by molar-refractivity contribution is -0.832. The summed E-state index contributed by atoms with van der Waals surface area (Å²) in [4.78, 5) is -0.332. The number of aliphatic hydroxyl groups excluding tert-OH is 1. The zero-order valence-electron chi connectivity index (χ0n) is 10.6. The van der Waals surface area contributed by atoms with E-state index in [9.17, 15) is 13.6 Å². The maximum absolute atomic E-state index is 12.3. The molecular formula is C12H10N2O6S. The number of hydrogen-bond donors (Lipinski definition) is 1. The fourth-order valence-corrected chi connectivity index (χ4v) is 2.75. The minimum atomic E-state index is -4.13. The third-order valence-electron chi connectivity index (χ3n) is 2.34. The standard InChI is InChI=1S/C12H10N2O6S/c15-8-4-5-9-19-11-12(14(16)20-13-11)21(17,18)10-6-2-1-3-7-10/h1-3,6-7,15H,8-9H2. The van der Waals surface area contributed by atoms with Crippen molar-refractivity contribution >= 4 is 9.84 Å². The molecule has 8 nitrogen and oxygen atoms in total. The average Bonchev–Trinajstić information content (AvgIpc) is 2.86. The van der Waals surface area contributed by atoms with Crippen LogP contribution in [0.5, 0.6) is 5.88 Å². The van der Waals surface area contributed by atoms with Crippen LogP contribution < -0.4 is 9.64 Å². The Kier molecular flexibility index (Phi) is 4.42. The predicted octanol–water partition coefficient (Wildman–Crippen LogP) is -0.485. The van der Waals surface area contributed by atoms with Crippen LogP contribution in [0.15, 0.2) is 44.9 Å². The normalized spacial score (nSPS) is 10.7. The molecule has 0 aliphatic heterocycles. The van der Waals surface area contributed by atoms with Gasteiger partial charge in [0.15, 0.2) is 6.61 Å². The summed E-state index contributed by atoms with van der Waals surface area (Å²) in [5.41, 5.74) is 0. The summed E-state index contributed by atoms with van der Waals surface area (Å²) in [6.07, 6.45) is 0. The minimum absolute atomic E-state index is 0.0934. The highest BCUT2D eigenvalue weighted by Crippen LogP contribution is 2.24. The van der Waals surface area contributed by atoms with Crippen molar-refractivity contribution in [1.82, 2.24) is 5.16 Å². The third-order valence-corrected chi connectivity index (χ3v) is 4.07. The third kappa shape index (κ3) is 3.13. The zero-order chi connectivity index (χ0) is 15.3. The smallest absolute Gasteiger partial charge is 0.415 e. The Labute approximate surface area is 120 Å². The van der Waals surface area contributed by atoms with E-state index in [1.807, 2.05) is 0 Å². The van der Waals surface area contributed by atoms with Gasteiger partial charge in [-0.25, -0.2) is 8.42 Å². The highest BCUT2D eigenvalue weighted by atomic mass is 32.2. The summed E-state index contributed by atoms with van der Waals surface area (Å²) in [6.45, 7) is -0.608. The first kappa shape index (κ1) is 14.8. The minimum Gasteiger partial charge on any atom is -0.441 e. The molecule has 0 unspecified atom stereocenters. The van der Waals surface area contributed by atoms with Crippen LogP contribution >= 0.6 is 0 Å². The average molecular weight is 310 g/mol. The van der Waals surface area contributed by atoms with E-state index in [2.05, 4.69) is 21.6 Å². The summed E-state index contributed by atoms with van der Waals surface area (Å²) < 4.78 is 33.9. The van der Waals surface area contributed by atoms with Crippen LogP contribution in [0, 0.1) is 17.0 Å². The van der Waals surface area contributed by atoms with Crippen molar-refractivity contribution in [3.8, 4) is 17.7 Å². The molecule has 0 aliphatic rings. The second kappa shape index (κ2) is 6.25.